The number of amides is 1. The summed E-state index contributed by atoms with van der Waals surface area (Å²) in [7, 11) is 0. The molecule has 0 aromatic heterocycles. The van der Waals surface area contributed by atoms with E-state index in [2.05, 4.69) is 13.8 Å². The first-order valence-electron chi connectivity index (χ1n) is 6.85. The molecular formula is C15H21ClN2O. The first-order valence-corrected chi connectivity index (χ1v) is 7.23. The Morgan fingerprint density at radius 2 is 2.16 bits per heavy atom. The van der Waals surface area contributed by atoms with E-state index >= 15 is 0 Å². The van der Waals surface area contributed by atoms with Gasteiger partial charge >= 0.3 is 0 Å². The average Bonchev–Trinajstić information content (AvgIpc) is 3.13. The maximum absolute atomic E-state index is 12.6. The topological polar surface area (TPSA) is 46.3 Å². The molecule has 0 saturated heterocycles. The van der Waals surface area contributed by atoms with Crippen LogP contribution in [0.25, 0.3) is 0 Å². The van der Waals surface area contributed by atoms with E-state index in [-0.39, 0.29) is 5.91 Å². The molecule has 0 unspecified atom stereocenters. The van der Waals surface area contributed by atoms with Crippen molar-refractivity contribution in [3.05, 3.63) is 28.8 Å². The average molecular weight is 281 g/mol. The van der Waals surface area contributed by atoms with Gasteiger partial charge in [0, 0.05) is 23.3 Å². The van der Waals surface area contributed by atoms with Gasteiger partial charge in [-0.2, -0.15) is 0 Å². The van der Waals surface area contributed by atoms with Crippen molar-refractivity contribution in [2.45, 2.75) is 39.2 Å². The Balaban J connectivity index is 2.14. The number of anilines is 1. The molecule has 1 aliphatic rings. The summed E-state index contributed by atoms with van der Waals surface area (Å²) in [6.07, 6.45) is 3.24. The lowest BCUT2D eigenvalue weighted by atomic mass is 10.1. The van der Waals surface area contributed by atoms with Crippen LogP contribution in [-0.4, -0.2) is 23.4 Å². The van der Waals surface area contributed by atoms with Gasteiger partial charge in [0.1, 0.15) is 0 Å². The van der Waals surface area contributed by atoms with E-state index in [9.17, 15) is 4.79 Å². The number of nitrogen functional groups attached to an aromatic ring is 1. The Hall–Kier alpha value is -1.22. The summed E-state index contributed by atoms with van der Waals surface area (Å²) in [5, 5.41) is 0.564. The molecule has 0 aliphatic heterocycles. The lowest BCUT2D eigenvalue weighted by Crippen LogP contribution is -2.35. The number of halogens is 1. The molecule has 4 heteroatoms. The quantitative estimate of drug-likeness (QED) is 0.838. The molecule has 2 rings (SSSR count). The fraction of sp³-hybridized carbons (Fsp3) is 0.533. The number of hydrogen-bond acceptors (Lipinski definition) is 2. The van der Waals surface area contributed by atoms with Gasteiger partial charge < -0.3 is 10.6 Å². The first kappa shape index (κ1) is 14.2. The van der Waals surface area contributed by atoms with E-state index in [4.69, 9.17) is 17.3 Å². The number of carbonyl (C=O) groups is 1. The van der Waals surface area contributed by atoms with Crippen molar-refractivity contribution in [1.29, 1.82) is 0 Å². The molecule has 0 bridgehead atoms. The molecule has 0 radical (unpaired) electrons. The number of benzene rings is 1. The molecule has 0 spiro atoms. The van der Waals surface area contributed by atoms with E-state index in [0.29, 0.717) is 28.2 Å². The monoisotopic (exact) mass is 280 g/mol. The number of nitrogens with zero attached hydrogens (tertiary/aromatic N) is 1. The van der Waals surface area contributed by atoms with Gasteiger partial charge in [-0.05, 0) is 43.4 Å². The second-order valence-electron chi connectivity index (χ2n) is 5.64. The number of nitrogens with two attached hydrogens (primary N) is 1. The highest BCUT2D eigenvalue weighted by atomic mass is 35.5. The highest BCUT2D eigenvalue weighted by molar-refractivity contribution is 6.31. The van der Waals surface area contributed by atoms with Crippen LogP contribution in [0, 0.1) is 5.92 Å². The molecule has 2 N–H and O–H groups in total. The van der Waals surface area contributed by atoms with Gasteiger partial charge in [-0.3, -0.25) is 4.79 Å². The van der Waals surface area contributed by atoms with Gasteiger partial charge in [-0.25, -0.2) is 0 Å². The zero-order valence-electron chi connectivity index (χ0n) is 11.5. The normalized spacial score (nSPS) is 14.7. The van der Waals surface area contributed by atoms with Crippen molar-refractivity contribution in [3.8, 4) is 0 Å². The van der Waals surface area contributed by atoms with Crippen molar-refractivity contribution in [2.24, 2.45) is 5.92 Å². The molecule has 1 aromatic carbocycles. The molecule has 0 heterocycles. The Labute approximate surface area is 119 Å². The summed E-state index contributed by atoms with van der Waals surface area (Å²) in [5.74, 6) is 0.633. The third-order valence-corrected chi connectivity index (χ3v) is 3.67. The van der Waals surface area contributed by atoms with E-state index in [0.717, 1.165) is 25.8 Å². The van der Waals surface area contributed by atoms with Crippen LogP contribution in [0.3, 0.4) is 0 Å². The second kappa shape index (κ2) is 5.83. The van der Waals surface area contributed by atoms with E-state index < -0.39 is 0 Å². The van der Waals surface area contributed by atoms with Gasteiger partial charge in [0.05, 0.1) is 5.56 Å². The molecule has 3 nitrogen and oxygen atoms in total. The van der Waals surface area contributed by atoms with Gasteiger partial charge in [0.2, 0.25) is 0 Å². The van der Waals surface area contributed by atoms with Crippen LogP contribution in [0.4, 0.5) is 5.69 Å². The Bertz CT molecular complexity index is 469. The van der Waals surface area contributed by atoms with Gasteiger partial charge in [0.25, 0.3) is 5.91 Å². The number of carbonyl (C=O) groups excluding carboxylic acids is 1. The predicted molar refractivity (Wildman–Crippen MR) is 79.4 cm³/mol. The second-order valence-corrected chi connectivity index (χ2v) is 6.08. The van der Waals surface area contributed by atoms with Crippen LogP contribution >= 0.6 is 11.6 Å². The molecule has 104 valence electrons. The third kappa shape index (κ3) is 3.63. The van der Waals surface area contributed by atoms with Gasteiger partial charge in [0.15, 0.2) is 0 Å². The summed E-state index contributed by atoms with van der Waals surface area (Å²) < 4.78 is 0. The van der Waals surface area contributed by atoms with Crippen LogP contribution in [0.15, 0.2) is 18.2 Å². The summed E-state index contributed by atoms with van der Waals surface area (Å²) in [6.45, 7) is 5.15. The Morgan fingerprint density at radius 1 is 1.47 bits per heavy atom. The van der Waals surface area contributed by atoms with Crippen molar-refractivity contribution in [1.82, 2.24) is 4.90 Å². The largest absolute Gasteiger partial charge is 0.398 e. The zero-order chi connectivity index (χ0) is 14.0. The molecule has 1 fully saturated rings. The maximum Gasteiger partial charge on any atom is 0.256 e. The minimum atomic E-state index is 0.0392. The highest BCUT2D eigenvalue weighted by Crippen LogP contribution is 2.30. The molecule has 19 heavy (non-hydrogen) atoms. The third-order valence-electron chi connectivity index (χ3n) is 3.44. The fourth-order valence-corrected chi connectivity index (χ4v) is 2.30. The van der Waals surface area contributed by atoms with Crippen LogP contribution in [0.2, 0.25) is 5.02 Å². The summed E-state index contributed by atoms with van der Waals surface area (Å²) in [6, 6.07) is 5.49. The summed E-state index contributed by atoms with van der Waals surface area (Å²) >= 11 is 5.87. The van der Waals surface area contributed by atoms with Crippen LogP contribution < -0.4 is 5.73 Å². The van der Waals surface area contributed by atoms with Crippen molar-refractivity contribution in [3.63, 3.8) is 0 Å². The maximum atomic E-state index is 12.6. The number of hydrogen-bond donors (Lipinski definition) is 1. The fourth-order valence-electron chi connectivity index (χ4n) is 2.12. The standard InChI is InChI=1S/C15H21ClN2O/c1-10(2)7-8-18(12-4-5-12)15(19)13-6-3-11(16)9-14(13)17/h3,6,9-10,12H,4-5,7-8,17H2,1-2H3. The highest BCUT2D eigenvalue weighted by Gasteiger charge is 2.33. The molecule has 1 amide bonds. The van der Waals surface area contributed by atoms with Crippen molar-refractivity contribution in [2.75, 3.05) is 12.3 Å². The molecule has 1 aromatic rings. The first-order chi connectivity index (χ1) is 8.99. The lowest BCUT2D eigenvalue weighted by Gasteiger charge is -2.24. The minimum absolute atomic E-state index is 0.0392. The predicted octanol–water partition coefficient (Wildman–Crippen LogP) is 3.57. The molecule has 0 atom stereocenters. The van der Waals surface area contributed by atoms with Crippen LogP contribution in [-0.2, 0) is 0 Å². The smallest absolute Gasteiger partial charge is 0.256 e. The van der Waals surface area contributed by atoms with Gasteiger partial charge in [-0.15, -0.1) is 0 Å². The SMILES string of the molecule is CC(C)CCN(C(=O)c1ccc(Cl)cc1N)C1CC1. The zero-order valence-corrected chi connectivity index (χ0v) is 12.3. The van der Waals surface area contributed by atoms with Crippen LogP contribution in [0.1, 0.15) is 43.5 Å². The van der Waals surface area contributed by atoms with E-state index in [1.54, 1.807) is 18.2 Å². The summed E-state index contributed by atoms with van der Waals surface area (Å²) in [5.41, 5.74) is 6.94. The van der Waals surface area contributed by atoms with Crippen LogP contribution in [0.5, 0.6) is 0 Å². The minimum Gasteiger partial charge on any atom is -0.398 e. The summed E-state index contributed by atoms with van der Waals surface area (Å²) in [4.78, 5) is 14.5. The van der Waals surface area contributed by atoms with Gasteiger partial charge in [-0.1, -0.05) is 25.4 Å². The molecule has 1 saturated carbocycles. The van der Waals surface area contributed by atoms with E-state index in [1.807, 2.05) is 4.90 Å². The van der Waals surface area contributed by atoms with Crippen molar-refractivity contribution >= 4 is 23.2 Å². The van der Waals surface area contributed by atoms with E-state index in [1.165, 1.54) is 0 Å². The lowest BCUT2D eigenvalue weighted by molar-refractivity contribution is 0.0736. The molecular weight excluding hydrogens is 260 g/mol. The number of rotatable bonds is 5. The molecule has 1 aliphatic carbocycles. The Morgan fingerprint density at radius 3 is 2.68 bits per heavy atom. The van der Waals surface area contributed by atoms with Crippen molar-refractivity contribution < 1.29 is 4.79 Å². The Kier molecular flexibility index (Phi) is 4.35.